The first-order valence-corrected chi connectivity index (χ1v) is 8.65. The molecule has 5 heteroatoms. The molecule has 0 aliphatic heterocycles. The van der Waals surface area contributed by atoms with Crippen LogP contribution in [0, 0.1) is 0 Å². The van der Waals surface area contributed by atoms with Crippen LogP contribution >= 0.6 is 0 Å². The molecule has 0 fully saturated rings. The molecule has 3 rings (SSSR count). The number of nitrogens with zero attached hydrogens (tertiary/aromatic N) is 2. The molecule has 0 radical (unpaired) electrons. The van der Waals surface area contributed by atoms with Crippen molar-refractivity contribution >= 4 is 11.7 Å². The van der Waals surface area contributed by atoms with E-state index in [9.17, 15) is 4.79 Å². The van der Waals surface area contributed by atoms with Crippen LogP contribution in [0.5, 0.6) is 0 Å². The fraction of sp³-hybridized carbons (Fsp3) is 0.190. The molecule has 1 heterocycles. The molecular formula is C21H22N4O. The van der Waals surface area contributed by atoms with E-state index >= 15 is 0 Å². The first-order chi connectivity index (χ1) is 12.6. The van der Waals surface area contributed by atoms with Crippen molar-refractivity contribution in [2.75, 3.05) is 5.32 Å². The summed E-state index contributed by atoms with van der Waals surface area (Å²) < 4.78 is 0. The Morgan fingerprint density at radius 2 is 1.62 bits per heavy atom. The zero-order chi connectivity index (χ0) is 18.4. The maximum Gasteiger partial charge on any atom is 0.270 e. The highest BCUT2D eigenvalue weighted by Gasteiger charge is 2.13. The summed E-state index contributed by atoms with van der Waals surface area (Å²) in [5.41, 5.74) is 2.26. The Labute approximate surface area is 153 Å². The molecule has 0 spiro atoms. The van der Waals surface area contributed by atoms with Gasteiger partial charge in [0.15, 0.2) is 5.82 Å². The fourth-order valence-electron chi connectivity index (χ4n) is 2.52. The van der Waals surface area contributed by atoms with Gasteiger partial charge in [-0.15, -0.1) is 0 Å². The number of amides is 1. The van der Waals surface area contributed by atoms with Gasteiger partial charge in [-0.2, -0.15) is 0 Å². The summed E-state index contributed by atoms with van der Waals surface area (Å²) in [6.45, 7) is 4.51. The Hall–Kier alpha value is -3.21. The van der Waals surface area contributed by atoms with Crippen LogP contribution in [0.4, 0.5) is 5.82 Å². The molecule has 2 N–H and O–H groups in total. The lowest BCUT2D eigenvalue weighted by Gasteiger charge is -2.12. The second-order valence-electron chi connectivity index (χ2n) is 6.30. The minimum Gasteiger partial charge on any atom is -0.368 e. The number of hydrogen-bond donors (Lipinski definition) is 2. The summed E-state index contributed by atoms with van der Waals surface area (Å²) in [5, 5.41) is 6.17. The van der Waals surface area contributed by atoms with Crippen molar-refractivity contribution in [2.45, 2.75) is 26.4 Å². The van der Waals surface area contributed by atoms with E-state index in [1.807, 2.05) is 74.5 Å². The van der Waals surface area contributed by atoms with Gasteiger partial charge in [-0.1, -0.05) is 60.7 Å². The van der Waals surface area contributed by atoms with Crippen molar-refractivity contribution in [3.8, 4) is 11.4 Å². The van der Waals surface area contributed by atoms with Crippen LogP contribution in [0.1, 0.15) is 29.9 Å². The molecule has 0 bridgehead atoms. The van der Waals surface area contributed by atoms with Gasteiger partial charge in [-0.3, -0.25) is 4.79 Å². The second-order valence-corrected chi connectivity index (χ2v) is 6.30. The molecule has 1 aromatic heterocycles. The van der Waals surface area contributed by atoms with Gasteiger partial charge < -0.3 is 10.6 Å². The molecular weight excluding hydrogens is 324 g/mol. The van der Waals surface area contributed by atoms with E-state index in [4.69, 9.17) is 0 Å². The fourth-order valence-corrected chi connectivity index (χ4v) is 2.52. The Kier molecular flexibility index (Phi) is 5.59. The van der Waals surface area contributed by atoms with Crippen molar-refractivity contribution in [2.24, 2.45) is 0 Å². The topological polar surface area (TPSA) is 66.9 Å². The van der Waals surface area contributed by atoms with Crippen LogP contribution in [-0.2, 0) is 6.54 Å². The molecule has 2 aromatic carbocycles. The van der Waals surface area contributed by atoms with Gasteiger partial charge in [0.05, 0.1) is 0 Å². The Morgan fingerprint density at radius 1 is 0.962 bits per heavy atom. The lowest BCUT2D eigenvalue weighted by atomic mass is 10.2. The van der Waals surface area contributed by atoms with E-state index in [-0.39, 0.29) is 11.9 Å². The molecule has 0 aliphatic rings. The van der Waals surface area contributed by atoms with Crippen molar-refractivity contribution in [1.82, 2.24) is 15.3 Å². The Morgan fingerprint density at radius 3 is 2.27 bits per heavy atom. The van der Waals surface area contributed by atoms with Crippen molar-refractivity contribution in [1.29, 1.82) is 0 Å². The summed E-state index contributed by atoms with van der Waals surface area (Å²) in [4.78, 5) is 21.6. The van der Waals surface area contributed by atoms with Gasteiger partial charge in [-0.05, 0) is 19.4 Å². The van der Waals surface area contributed by atoms with Gasteiger partial charge in [0.2, 0.25) is 0 Å². The zero-order valence-corrected chi connectivity index (χ0v) is 14.9. The number of rotatable bonds is 6. The summed E-state index contributed by atoms with van der Waals surface area (Å²) in [6, 6.07) is 21.3. The Balaban J connectivity index is 1.86. The van der Waals surface area contributed by atoms with Gasteiger partial charge in [0.25, 0.3) is 5.91 Å². The number of nitrogens with one attached hydrogen (secondary N) is 2. The molecule has 26 heavy (non-hydrogen) atoms. The van der Waals surface area contributed by atoms with Crippen molar-refractivity contribution in [3.63, 3.8) is 0 Å². The van der Waals surface area contributed by atoms with Gasteiger partial charge in [0, 0.05) is 24.2 Å². The maximum atomic E-state index is 12.6. The van der Waals surface area contributed by atoms with E-state index in [0.717, 1.165) is 11.1 Å². The standard InChI is InChI=1S/C21H22N4O/c1-15(2)23-19-13-18(21(26)22-14-16-9-5-3-6-10-16)24-20(25-19)17-11-7-4-8-12-17/h3-13,15H,14H2,1-2H3,(H,22,26)(H,23,24,25). The highest BCUT2D eigenvalue weighted by Crippen LogP contribution is 2.18. The number of hydrogen-bond acceptors (Lipinski definition) is 4. The summed E-state index contributed by atoms with van der Waals surface area (Å²) in [7, 11) is 0. The summed E-state index contributed by atoms with van der Waals surface area (Å²) in [5.74, 6) is 0.945. The highest BCUT2D eigenvalue weighted by atomic mass is 16.1. The van der Waals surface area contributed by atoms with Crippen LogP contribution in [0.25, 0.3) is 11.4 Å². The predicted molar refractivity (Wildman–Crippen MR) is 104 cm³/mol. The van der Waals surface area contributed by atoms with E-state index < -0.39 is 0 Å². The SMILES string of the molecule is CC(C)Nc1cc(C(=O)NCc2ccccc2)nc(-c2ccccc2)n1. The average Bonchev–Trinajstić information content (AvgIpc) is 2.67. The molecule has 1 amide bonds. The number of anilines is 1. The minimum atomic E-state index is -0.222. The number of carbonyl (C=O) groups excluding carboxylic acids is 1. The predicted octanol–water partition coefficient (Wildman–Crippen LogP) is 3.89. The molecule has 5 nitrogen and oxygen atoms in total. The number of carbonyl (C=O) groups is 1. The molecule has 0 saturated heterocycles. The van der Waals surface area contributed by atoms with Crippen LogP contribution in [0.15, 0.2) is 66.7 Å². The Bertz CT molecular complexity index is 864. The van der Waals surface area contributed by atoms with Gasteiger partial charge in [-0.25, -0.2) is 9.97 Å². The summed E-state index contributed by atoms with van der Waals surface area (Å²) >= 11 is 0. The van der Waals surface area contributed by atoms with Crippen LogP contribution in [0.2, 0.25) is 0 Å². The lowest BCUT2D eigenvalue weighted by molar-refractivity contribution is 0.0946. The monoisotopic (exact) mass is 346 g/mol. The summed E-state index contributed by atoms with van der Waals surface area (Å²) in [6.07, 6.45) is 0. The lowest BCUT2D eigenvalue weighted by Crippen LogP contribution is -2.24. The first kappa shape index (κ1) is 17.6. The quantitative estimate of drug-likeness (QED) is 0.710. The smallest absolute Gasteiger partial charge is 0.270 e. The van der Waals surface area contributed by atoms with Crippen molar-refractivity contribution < 1.29 is 4.79 Å². The molecule has 3 aromatic rings. The third kappa shape index (κ3) is 4.66. The molecule has 0 unspecified atom stereocenters. The number of aromatic nitrogens is 2. The average molecular weight is 346 g/mol. The van der Waals surface area contributed by atoms with Crippen LogP contribution < -0.4 is 10.6 Å². The first-order valence-electron chi connectivity index (χ1n) is 8.65. The molecule has 132 valence electrons. The minimum absolute atomic E-state index is 0.203. The van der Waals surface area contributed by atoms with Crippen molar-refractivity contribution in [3.05, 3.63) is 78.0 Å². The van der Waals surface area contributed by atoms with E-state index in [1.54, 1.807) is 6.07 Å². The largest absolute Gasteiger partial charge is 0.368 e. The normalized spacial score (nSPS) is 10.6. The third-order valence-electron chi connectivity index (χ3n) is 3.72. The van der Waals surface area contributed by atoms with E-state index in [1.165, 1.54) is 0 Å². The number of benzene rings is 2. The maximum absolute atomic E-state index is 12.6. The molecule has 0 aliphatic carbocycles. The van der Waals surface area contributed by atoms with Gasteiger partial charge >= 0.3 is 0 Å². The highest BCUT2D eigenvalue weighted by molar-refractivity contribution is 5.93. The van der Waals surface area contributed by atoms with E-state index in [2.05, 4.69) is 20.6 Å². The van der Waals surface area contributed by atoms with E-state index in [0.29, 0.717) is 23.9 Å². The third-order valence-corrected chi connectivity index (χ3v) is 3.72. The van der Waals surface area contributed by atoms with Gasteiger partial charge in [0.1, 0.15) is 11.5 Å². The molecule has 0 atom stereocenters. The second kappa shape index (κ2) is 8.25. The van der Waals surface area contributed by atoms with Crippen LogP contribution in [0.3, 0.4) is 0 Å². The van der Waals surface area contributed by atoms with Crippen LogP contribution in [-0.4, -0.2) is 21.9 Å². The zero-order valence-electron chi connectivity index (χ0n) is 14.9. The molecule has 0 saturated carbocycles.